The zero-order valence-electron chi connectivity index (χ0n) is 7.90. The number of rotatable bonds is 0. The van der Waals surface area contributed by atoms with Gasteiger partial charge >= 0.3 is 0 Å². The summed E-state index contributed by atoms with van der Waals surface area (Å²) in [5.41, 5.74) is 0. The normalized spacial score (nSPS) is 10.1. The molecule has 0 atom stereocenters. The topological polar surface area (TPSA) is 12.9 Å². The molecule has 1 aromatic heterocycles. The molecule has 0 saturated heterocycles. The van der Waals surface area contributed by atoms with Gasteiger partial charge in [-0.25, -0.2) is 0 Å². The first-order valence-electron chi connectivity index (χ1n) is 4.58. The van der Waals surface area contributed by atoms with Crippen LogP contribution in [-0.2, 0) is 20.1 Å². The summed E-state index contributed by atoms with van der Waals surface area (Å²) in [5, 5.41) is 4.79. The quantitative estimate of drug-likeness (QED) is 0.438. The van der Waals surface area contributed by atoms with Crippen LogP contribution < -0.4 is 0 Å². The fourth-order valence-corrected chi connectivity index (χ4v) is 1.78. The predicted octanol–water partition coefficient (Wildman–Crippen LogP) is 3.19. The number of fused-ring (bicyclic) bond motifs is 3. The Hall–Kier alpha value is -1.24. The van der Waals surface area contributed by atoms with E-state index in [2.05, 4.69) is 47.4 Å². The Morgan fingerprint density at radius 2 is 1.73 bits per heavy atom. The zero-order chi connectivity index (χ0) is 9.38. The van der Waals surface area contributed by atoms with Crippen molar-refractivity contribution in [2.45, 2.75) is 0 Å². The number of aromatic nitrogens is 1. The van der Waals surface area contributed by atoms with Crippen LogP contribution in [0.15, 0.2) is 48.8 Å². The van der Waals surface area contributed by atoms with Crippen LogP contribution in [0.2, 0.25) is 0 Å². The van der Waals surface area contributed by atoms with Gasteiger partial charge in [0.2, 0.25) is 0 Å². The Bertz CT molecular complexity index is 550. The van der Waals surface area contributed by atoms with E-state index < -0.39 is 0 Å². The number of nitrogens with zero attached hydrogens (tertiary/aromatic N) is 1. The molecule has 1 nitrogen and oxygen atoms in total. The monoisotopic (exact) mass is 371 g/mol. The van der Waals surface area contributed by atoms with Crippen molar-refractivity contribution in [1.29, 1.82) is 0 Å². The van der Waals surface area contributed by atoms with Gasteiger partial charge in [-0.2, -0.15) is 11.5 Å². The molecule has 3 aromatic rings. The van der Waals surface area contributed by atoms with Crippen LogP contribution in [0.1, 0.15) is 0 Å². The molecule has 0 fully saturated rings. The van der Waals surface area contributed by atoms with Gasteiger partial charge in [0.05, 0.1) is 0 Å². The average molecular weight is 370 g/mol. The third-order valence-electron chi connectivity index (χ3n) is 2.46. The number of pyridine rings is 1. The van der Waals surface area contributed by atoms with Gasteiger partial charge in [-0.05, 0) is 12.4 Å². The number of hydrogen-bond donors (Lipinski definition) is 0. The maximum absolute atomic E-state index is 4.06. The van der Waals surface area contributed by atoms with Gasteiger partial charge in [-0.3, -0.25) is 4.98 Å². The summed E-state index contributed by atoms with van der Waals surface area (Å²) in [6, 6.07) is 15.7. The molecule has 0 unspecified atom stereocenters. The van der Waals surface area contributed by atoms with Crippen molar-refractivity contribution in [2.75, 3.05) is 0 Å². The molecule has 0 N–H and O–H groups in total. The second kappa shape index (κ2) is 4.09. The molecule has 1 radical (unpaired) electrons. The molecular weight excluding hydrogens is 362 g/mol. The Morgan fingerprint density at radius 3 is 2.67 bits per heavy atom. The molecule has 0 saturated carbocycles. The van der Waals surface area contributed by atoms with Gasteiger partial charge in [0.25, 0.3) is 0 Å². The molecular formula is C13H8IrN-. The molecule has 0 aliphatic carbocycles. The summed E-state index contributed by atoms with van der Waals surface area (Å²) >= 11 is 0. The maximum Gasteiger partial charge on any atom is 0 e. The predicted molar refractivity (Wildman–Crippen MR) is 58.1 cm³/mol. The Morgan fingerprint density at radius 1 is 0.933 bits per heavy atom. The van der Waals surface area contributed by atoms with E-state index in [9.17, 15) is 0 Å². The van der Waals surface area contributed by atoms with Crippen LogP contribution in [0, 0.1) is 6.07 Å². The van der Waals surface area contributed by atoms with Crippen LogP contribution in [0.4, 0.5) is 0 Å². The standard InChI is InChI=1S/C13H8N.Ir/c1-2-4-12-10(3-1)5-6-11-9-14-8-7-13(11)12;/h1-6,8-9H;/q-1;. The van der Waals surface area contributed by atoms with Crippen molar-refractivity contribution >= 4 is 21.5 Å². The Kier molecular flexibility index (Phi) is 2.81. The Labute approximate surface area is 101 Å². The minimum atomic E-state index is 0. The third-order valence-corrected chi connectivity index (χ3v) is 2.46. The van der Waals surface area contributed by atoms with Gasteiger partial charge < -0.3 is 0 Å². The molecule has 0 spiro atoms. The van der Waals surface area contributed by atoms with Crippen LogP contribution >= 0.6 is 0 Å². The summed E-state index contributed by atoms with van der Waals surface area (Å²) < 4.78 is 0. The van der Waals surface area contributed by atoms with Crippen molar-refractivity contribution in [1.82, 2.24) is 4.98 Å². The summed E-state index contributed by atoms with van der Waals surface area (Å²) in [6.45, 7) is 0. The van der Waals surface area contributed by atoms with E-state index in [0.29, 0.717) is 0 Å². The largest absolute Gasteiger partial charge is 0.291 e. The van der Waals surface area contributed by atoms with E-state index in [4.69, 9.17) is 0 Å². The minimum absolute atomic E-state index is 0. The first-order valence-corrected chi connectivity index (χ1v) is 4.58. The Balaban J connectivity index is 0.000000853. The first-order chi connectivity index (χ1) is 6.95. The molecule has 2 aromatic carbocycles. The first kappa shape index (κ1) is 10.3. The van der Waals surface area contributed by atoms with E-state index in [1.165, 1.54) is 10.8 Å². The van der Waals surface area contributed by atoms with Crippen LogP contribution in [0.25, 0.3) is 21.5 Å². The minimum Gasteiger partial charge on any atom is -0.291 e. The fourth-order valence-electron chi connectivity index (χ4n) is 1.78. The van der Waals surface area contributed by atoms with Gasteiger partial charge in [0.15, 0.2) is 0 Å². The average Bonchev–Trinajstić information content (AvgIpc) is 2.29. The van der Waals surface area contributed by atoms with Crippen molar-refractivity contribution in [3.8, 4) is 0 Å². The molecule has 75 valence electrons. The number of benzene rings is 2. The van der Waals surface area contributed by atoms with Crippen LogP contribution in [0.5, 0.6) is 0 Å². The van der Waals surface area contributed by atoms with Gasteiger partial charge in [-0.15, -0.1) is 22.9 Å². The molecule has 0 aliphatic rings. The van der Waals surface area contributed by atoms with Gasteiger partial charge in [0.1, 0.15) is 0 Å². The summed E-state index contributed by atoms with van der Waals surface area (Å²) in [5.74, 6) is 0. The molecule has 0 aliphatic heterocycles. The van der Waals surface area contributed by atoms with E-state index in [0.717, 1.165) is 10.8 Å². The van der Waals surface area contributed by atoms with E-state index >= 15 is 0 Å². The molecule has 2 heteroatoms. The summed E-state index contributed by atoms with van der Waals surface area (Å²) in [4.78, 5) is 4.06. The second-order valence-electron chi connectivity index (χ2n) is 3.30. The van der Waals surface area contributed by atoms with Crippen molar-refractivity contribution in [3.05, 3.63) is 54.9 Å². The van der Waals surface area contributed by atoms with E-state index in [-0.39, 0.29) is 20.1 Å². The van der Waals surface area contributed by atoms with Gasteiger partial charge in [-0.1, -0.05) is 29.7 Å². The van der Waals surface area contributed by atoms with Crippen LogP contribution in [0.3, 0.4) is 0 Å². The van der Waals surface area contributed by atoms with E-state index in [1.807, 2.05) is 6.20 Å². The van der Waals surface area contributed by atoms with Crippen molar-refractivity contribution in [2.24, 2.45) is 0 Å². The molecule has 3 rings (SSSR count). The van der Waals surface area contributed by atoms with Crippen molar-refractivity contribution in [3.63, 3.8) is 0 Å². The van der Waals surface area contributed by atoms with Gasteiger partial charge in [0, 0.05) is 20.1 Å². The number of hydrogen-bond acceptors (Lipinski definition) is 1. The third kappa shape index (κ3) is 1.67. The SMILES string of the molecule is [Ir].[c-]1cncc2ccc3ccccc3c12. The van der Waals surface area contributed by atoms with Crippen LogP contribution in [-0.4, -0.2) is 4.98 Å². The smallest absolute Gasteiger partial charge is 0 e. The maximum atomic E-state index is 4.06. The molecule has 0 amide bonds. The zero-order valence-corrected chi connectivity index (χ0v) is 10.3. The fraction of sp³-hybridized carbons (Fsp3) is 0. The van der Waals surface area contributed by atoms with Crippen molar-refractivity contribution < 1.29 is 20.1 Å². The summed E-state index contributed by atoms with van der Waals surface area (Å²) in [6.07, 6.45) is 3.59. The summed E-state index contributed by atoms with van der Waals surface area (Å²) in [7, 11) is 0. The molecule has 15 heavy (non-hydrogen) atoms. The second-order valence-corrected chi connectivity index (χ2v) is 3.30. The molecule has 0 bridgehead atoms. The van der Waals surface area contributed by atoms with E-state index in [1.54, 1.807) is 6.20 Å². The molecule has 1 heterocycles.